The summed E-state index contributed by atoms with van der Waals surface area (Å²) < 4.78 is 12.9. The molecule has 1 aromatic heterocycles. The van der Waals surface area contributed by atoms with Gasteiger partial charge < -0.3 is 11.1 Å². The number of aromatic nitrogens is 1. The van der Waals surface area contributed by atoms with E-state index in [4.69, 9.17) is 5.73 Å². The molecule has 0 unspecified atom stereocenters. The van der Waals surface area contributed by atoms with Gasteiger partial charge in [0.2, 0.25) is 0 Å². The number of hydrogen-bond donors (Lipinski definition) is 2. The van der Waals surface area contributed by atoms with Crippen LogP contribution in [0.15, 0.2) is 42.7 Å². The van der Waals surface area contributed by atoms with Crippen LogP contribution in [0.5, 0.6) is 0 Å². The molecular weight excluding hydrogens is 193 g/mol. The van der Waals surface area contributed by atoms with Crippen LogP contribution in [0, 0.1) is 5.82 Å². The molecule has 0 radical (unpaired) electrons. The Bertz CT molecular complexity index is 457. The Labute approximate surface area is 86.8 Å². The maximum Gasteiger partial charge on any atom is 0.125 e. The van der Waals surface area contributed by atoms with Crippen LogP contribution >= 0.6 is 0 Å². The van der Waals surface area contributed by atoms with Crippen LogP contribution in [0.25, 0.3) is 0 Å². The SMILES string of the molecule is Nc1ccc(F)cc1Nc1ccncc1. The molecule has 0 fully saturated rings. The number of nitrogens with zero attached hydrogens (tertiary/aromatic N) is 1. The first kappa shape index (κ1) is 9.45. The van der Waals surface area contributed by atoms with E-state index in [0.717, 1.165) is 5.69 Å². The number of nitrogens with one attached hydrogen (secondary N) is 1. The number of nitrogen functional groups attached to an aromatic ring is 1. The standard InChI is InChI=1S/C11H10FN3/c12-8-1-2-10(13)11(7-8)15-9-3-5-14-6-4-9/h1-7H,13H2,(H,14,15). The lowest BCUT2D eigenvalue weighted by atomic mass is 10.2. The summed E-state index contributed by atoms with van der Waals surface area (Å²) in [6.07, 6.45) is 3.30. The van der Waals surface area contributed by atoms with Crippen molar-refractivity contribution in [2.75, 3.05) is 11.1 Å². The van der Waals surface area contributed by atoms with Crippen molar-refractivity contribution in [2.45, 2.75) is 0 Å². The zero-order valence-corrected chi connectivity index (χ0v) is 7.94. The lowest BCUT2D eigenvalue weighted by molar-refractivity contribution is 0.628. The first-order valence-electron chi connectivity index (χ1n) is 4.48. The minimum absolute atomic E-state index is 0.319. The third kappa shape index (κ3) is 2.22. The molecule has 0 spiro atoms. The summed E-state index contributed by atoms with van der Waals surface area (Å²) in [5.41, 5.74) is 7.58. The molecule has 2 aromatic rings. The minimum Gasteiger partial charge on any atom is -0.397 e. The molecular formula is C11H10FN3. The molecule has 0 aliphatic heterocycles. The third-order valence-electron chi connectivity index (χ3n) is 1.97. The average Bonchev–Trinajstić information content (AvgIpc) is 2.25. The third-order valence-corrected chi connectivity index (χ3v) is 1.97. The van der Waals surface area contributed by atoms with E-state index in [-0.39, 0.29) is 5.82 Å². The Morgan fingerprint density at radius 2 is 1.87 bits per heavy atom. The van der Waals surface area contributed by atoms with Gasteiger partial charge in [-0.25, -0.2) is 4.39 Å². The van der Waals surface area contributed by atoms with Crippen LogP contribution in [0.4, 0.5) is 21.5 Å². The van der Waals surface area contributed by atoms with Gasteiger partial charge in [0.25, 0.3) is 0 Å². The largest absolute Gasteiger partial charge is 0.397 e. The number of halogens is 1. The van der Waals surface area contributed by atoms with Crippen molar-refractivity contribution in [2.24, 2.45) is 0 Å². The van der Waals surface area contributed by atoms with E-state index in [1.807, 2.05) is 0 Å². The molecule has 1 aromatic carbocycles. The lowest BCUT2D eigenvalue weighted by Gasteiger charge is -2.08. The summed E-state index contributed by atoms with van der Waals surface area (Å²) in [5.74, 6) is -0.319. The Hall–Kier alpha value is -2.10. The normalized spacial score (nSPS) is 9.93. The van der Waals surface area contributed by atoms with Crippen molar-refractivity contribution in [3.63, 3.8) is 0 Å². The highest BCUT2D eigenvalue weighted by molar-refractivity contribution is 5.72. The van der Waals surface area contributed by atoms with Crippen LogP contribution in [0.3, 0.4) is 0 Å². The number of nitrogens with two attached hydrogens (primary N) is 1. The van der Waals surface area contributed by atoms with Gasteiger partial charge >= 0.3 is 0 Å². The predicted molar refractivity (Wildman–Crippen MR) is 58.3 cm³/mol. The molecule has 15 heavy (non-hydrogen) atoms. The van der Waals surface area contributed by atoms with Gasteiger partial charge in [-0.05, 0) is 30.3 Å². The smallest absolute Gasteiger partial charge is 0.125 e. The van der Waals surface area contributed by atoms with E-state index in [0.29, 0.717) is 11.4 Å². The van der Waals surface area contributed by atoms with Gasteiger partial charge in [0.05, 0.1) is 11.4 Å². The van der Waals surface area contributed by atoms with E-state index in [9.17, 15) is 4.39 Å². The second-order valence-electron chi connectivity index (χ2n) is 3.09. The average molecular weight is 203 g/mol. The predicted octanol–water partition coefficient (Wildman–Crippen LogP) is 2.55. The van der Waals surface area contributed by atoms with Crippen molar-refractivity contribution in [3.05, 3.63) is 48.5 Å². The van der Waals surface area contributed by atoms with E-state index < -0.39 is 0 Å². The molecule has 3 nitrogen and oxygen atoms in total. The van der Waals surface area contributed by atoms with Crippen LogP contribution < -0.4 is 11.1 Å². The Morgan fingerprint density at radius 1 is 1.13 bits per heavy atom. The van der Waals surface area contributed by atoms with Crippen LogP contribution in [-0.2, 0) is 0 Å². The second-order valence-corrected chi connectivity index (χ2v) is 3.09. The topological polar surface area (TPSA) is 50.9 Å². The van der Waals surface area contributed by atoms with Crippen molar-refractivity contribution in [1.82, 2.24) is 4.98 Å². The minimum atomic E-state index is -0.319. The molecule has 0 aliphatic carbocycles. The summed E-state index contributed by atoms with van der Waals surface area (Å²) >= 11 is 0. The van der Waals surface area contributed by atoms with Gasteiger partial charge in [-0.15, -0.1) is 0 Å². The Kier molecular flexibility index (Phi) is 2.49. The van der Waals surface area contributed by atoms with E-state index in [1.54, 1.807) is 24.5 Å². The Morgan fingerprint density at radius 3 is 2.60 bits per heavy atom. The molecule has 0 amide bonds. The summed E-state index contributed by atoms with van der Waals surface area (Å²) in [6.45, 7) is 0. The number of pyridine rings is 1. The van der Waals surface area contributed by atoms with Gasteiger partial charge in [-0.1, -0.05) is 0 Å². The maximum atomic E-state index is 12.9. The zero-order chi connectivity index (χ0) is 10.7. The highest BCUT2D eigenvalue weighted by atomic mass is 19.1. The molecule has 0 atom stereocenters. The highest BCUT2D eigenvalue weighted by Crippen LogP contribution is 2.23. The number of hydrogen-bond acceptors (Lipinski definition) is 3. The zero-order valence-electron chi connectivity index (χ0n) is 7.94. The first-order chi connectivity index (χ1) is 7.25. The molecule has 3 N–H and O–H groups in total. The van der Waals surface area contributed by atoms with Gasteiger partial charge in [-0.3, -0.25) is 4.98 Å². The van der Waals surface area contributed by atoms with Gasteiger partial charge in [-0.2, -0.15) is 0 Å². The van der Waals surface area contributed by atoms with E-state index in [2.05, 4.69) is 10.3 Å². The van der Waals surface area contributed by atoms with Crippen LogP contribution in [-0.4, -0.2) is 4.98 Å². The van der Waals surface area contributed by atoms with E-state index in [1.165, 1.54) is 18.2 Å². The maximum absolute atomic E-state index is 12.9. The number of rotatable bonds is 2. The summed E-state index contributed by atoms with van der Waals surface area (Å²) in [4.78, 5) is 3.88. The molecule has 1 heterocycles. The van der Waals surface area contributed by atoms with Crippen LogP contribution in [0.1, 0.15) is 0 Å². The molecule has 4 heteroatoms. The molecule has 0 saturated carbocycles. The Balaban J connectivity index is 2.28. The van der Waals surface area contributed by atoms with Crippen LogP contribution in [0.2, 0.25) is 0 Å². The number of benzene rings is 1. The van der Waals surface area contributed by atoms with Gasteiger partial charge in [0, 0.05) is 18.1 Å². The van der Waals surface area contributed by atoms with Gasteiger partial charge in [0.1, 0.15) is 5.82 Å². The lowest BCUT2D eigenvalue weighted by Crippen LogP contribution is -1.96. The van der Waals surface area contributed by atoms with E-state index >= 15 is 0 Å². The fourth-order valence-corrected chi connectivity index (χ4v) is 1.23. The van der Waals surface area contributed by atoms with Crippen molar-refractivity contribution < 1.29 is 4.39 Å². The highest BCUT2D eigenvalue weighted by Gasteiger charge is 2.00. The van der Waals surface area contributed by atoms with Crippen molar-refractivity contribution in [3.8, 4) is 0 Å². The first-order valence-corrected chi connectivity index (χ1v) is 4.48. The summed E-state index contributed by atoms with van der Waals surface area (Å²) in [5, 5.41) is 3.01. The monoisotopic (exact) mass is 203 g/mol. The second kappa shape index (κ2) is 3.96. The fourth-order valence-electron chi connectivity index (χ4n) is 1.23. The summed E-state index contributed by atoms with van der Waals surface area (Å²) in [7, 11) is 0. The van der Waals surface area contributed by atoms with Crippen molar-refractivity contribution in [1.29, 1.82) is 0 Å². The van der Waals surface area contributed by atoms with Crippen molar-refractivity contribution >= 4 is 17.1 Å². The molecule has 0 saturated heterocycles. The molecule has 0 aliphatic rings. The molecule has 0 bridgehead atoms. The molecule has 2 rings (SSSR count). The molecule has 76 valence electrons. The quantitative estimate of drug-likeness (QED) is 0.737. The summed E-state index contributed by atoms with van der Waals surface area (Å²) in [6, 6.07) is 7.77. The number of anilines is 3. The fraction of sp³-hybridized carbons (Fsp3) is 0. The van der Waals surface area contributed by atoms with Gasteiger partial charge in [0.15, 0.2) is 0 Å².